The largest absolute Gasteiger partial charge is 0.497 e. The maximum absolute atomic E-state index is 13.1. The molecule has 0 amide bonds. The molecule has 9 nitrogen and oxygen atoms in total. The number of nitrogens with zero attached hydrogens (tertiary/aromatic N) is 3. The number of rotatable bonds is 6. The van der Waals surface area contributed by atoms with Crippen LogP contribution in [0.15, 0.2) is 102 Å². The van der Waals surface area contributed by atoms with E-state index in [1.807, 2.05) is 48.5 Å². The predicted octanol–water partition coefficient (Wildman–Crippen LogP) is 10.9. The highest BCUT2D eigenvalue weighted by Crippen LogP contribution is 2.42. The molecule has 10 rings (SSSR count). The summed E-state index contributed by atoms with van der Waals surface area (Å²) in [4.78, 5) is 30.4. The molecule has 59 heavy (non-hydrogen) atoms. The van der Waals surface area contributed by atoms with Crippen molar-refractivity contribution in [3.63, 3.8) is 0 Å². The molecule has 2 aliphatic carbocycles. The van der Waals surface area contributed by atoms with Crippen LogP contribution < -0.4 is 9.47 Å². The first-order valence-corrected chi connectivity index (χ1v) is 20.3. The molecule has 0 unspecified atom stereocenters. The quantitative estimate of drug-likeness (QED) is 0.114. The molecular formula is C50H49N5O4. The number of carbonyl (C=O) groups excluding carboxylic acids is 1. The Hall–Kier alpha value is -6.48. The van der Waals surface area contributed by atoms with Gasteiger partial charge >= 0.3 is 0 Å². The smallest absolute Gasteiger partial charge is 0.165 e. The number of hydrogen-bond acceptors (Lipinski definition) is 7. The minimum absolute atomic E-state index is 0.00126. The fraction of sp³-hybridized carbons (Fsp3) is 0.280. The van der Waals surface area contributed by atoms with Crippen molar-refractivity contribution in [3.8, 4) is 11.5 Å². The number of hydrogen-bond donors (Lipinski definition) is 3. The van der Waals surface area contributed by atoms with E-state index >= 15 is 0 Å². The van der Waals surface area contributed by atoms with Crippen LogP contribution in [0.3, 0.4) is 0 Å². The molecule has 0 spiro atoms. The maximum Gasteiger partial charge on any atom is 0.165 e. The number of oxime groups is 1. The van der Waals surface area contributed by atoms with E-state index in [4.69, 9.17) is 19.4 Å². The average Bonchev–Trinajstić information content (AvgIpc) is 3.80. The van der Waals surface area contributed by atoms with Crippen LogP contribution in [-0.4, -0.2) is 50.9 Å². The number of para-hydroxylation sites is 2. The van der Waals surface area contributed by atoms with Crippen molar-refractivity contribution in [3.05, 3.63) is 142 Å². The highest BCUT2D eigenvalue weighted by molar-refractivity contribution is 6.21. The Balaban J connectivity index is 0.000000152. The summed E-state index contributed by atoms with van der Waals surface area (Å²) in [6, 6.07) is 32.7. The molecular weight excluding hydrogens is 735 g/mol. The number of benzene rings is 4. The third-order valence-electron chi connectivity index (χ3n) is 11.9. The van der Waals surface area contributed by atoms with Crippen molar-refractivity contribution in [1.82, 2.24) is 19.9 Å². The standard InChI is InChI=1S/C25H25N3O2.C25H24N2O2/c1-25(2)13-20-23(21(14-25)28-29)22-17-6-4-5-7-18(17)27-24(22)19(26-20)12-15-8-10-16(30-3)11-9-15;1-25(2)13-20-23(21(28)14-25)22-17-6-4-5-7-18(17)27-24(22)19(26-20)12-15-8-10-16(29-3)11-9-15/h4-11,27,29H,12-14H2,1-3H3;4-11,27H,12-14H2,1-3H3. The molecule has 0 atom stereocenters. The van der Waals surface area contributed by atoms with Gasteiger partial charge in [0.1, 0.15) is 11.5 Å². The number of H-pyrrole nitrogens is 2. The molecule has 3 N–H and O–H groups in total. The van der Waals surface area contributed by atoms with Crippen LogP contribution in [0.25, 0.3) is 43.6 Å². The summed E-state index contributed by atoms with van der Waals surface area (Å²) < 4.78 is 10.6. The van der Waals surface area contributed by atoms with E-state index in [0.29, 0.717) is 19.3 Å². The lowest BCUT2D eigenvalue weighted by molar-refractivity contribution is 0.0912. The molecule has 4 aromatic carbocycles. The first kappa shape index (κ1) is 38.1. The molecule has 8 aromatic rings. The van der Waals surface area contributed by atoms with Gasteiger partial charge in [0.2, 0.25) is 0 Å². The first-order chi connectivity index (χ1) is 28.4. The van der Waals surface area contributed by atoms with Gasteiger partial charge in [0, 0.05) is 63.0 Å². The van der Waals surface area contributed by atoms with E-state index in [0.717, 1.165) is 114 Å². The summed E-state index contributed by atoms with van der Waals surface area (Å²) in [6.45, 7) is 8.70. The third kappa shape index (κ3) is 7.09. The van der Waals surface area contributed by atoms with Crippen LogP contribution in [0.5, 0.6) is 11.5 Å². The molecule has 0 fully saturated rings. The Morgan fingerprint density at radius 2 is 1.05 bits per heavy atom. The molecule has 0 bridgehead atoms. The fourth-order valence-electron chi connectivity index (χ4n) is 9.25. The van der Waals surface area contributed by atoms with Gasteiger partial charge in [-0.05, 0) is 77.6 Å². The molecule has 4 aromatic heterocycles. The van der Waals surface area contributed by atoms with Crippen LogP contribution in [0.4, 0.5) is 0 Å². The van der Waals surface area contributed by atoms with Crippen molar-refractivity contribution >= 4 is 55.1 Å². The molecule has 2 aliphatic rings. The first-order valence-electron chi connectivity index (χ1n) is 20.3. The van der Waals surface area contributed by atoms with Crippen molar-refractivity contribution in [2.24, 2.45) is 16.0 Å². The number of carbonyl (C=O) groups is 1. The Labute approximate surface area is 343 Å². The van der Waals surface area contributed by atoms with Gasteiger partial charge < -0.3 is 24.6 Å². The van der Waals surface area contributed by atoms with Gasteiger partial charge in [-0.3, -0.25) is 14.8 Å². The summed E-state index contributed by atoms with van der Waals surface area (Å²) in [5, 5.41) is 17.9. The van der Waals surface area contributed by atoms with Crippen molar-refractivity contribution in [1.29, 1.82) is 0 Å². The Bertz CT molecular complexity index is 2940. The van der Waals surface area contributed by atoms with E-state index < -0.39 is 0 Å². The Morgan fingerprint density at radius 3 is 1.53 bits per heavy atom. The average molecular weight is 784 g/mol. The maximum atomic E-state index is 13.1. The molecule has 0 saturated carbocycles. The molecule has 298 valence electrons. The zero-order valence-corrected chi connectivity index (χ0v) is 34.5. The molecule has 0 aliphatic heterocycles. The molecule has 9 heteroatoms. The number of ether oxygens (including phenoxy) is 2. The minimum atomic E-state index is -0.0613. The summed E-state index contributed by atoms with van der Waals surface area (Å²) >= 11 is 0. The van der Waals surface area contributed by atoms with Crippen LogP contribution in [0.2, 0.25) is 0 Å². The van der Waals surface area contributed by atoms with Crippen LogP contribution in [0, 0.1) is 10.8 Å². The zero-order chi connectivity index (χ0) is 41.1. The van der Waals surface area contributed by atoms with Gasteiger partial charge in [-0.15, -0.1) is 0 Å². The zero-order valence-electron chi connectivity index (χ0n) is 34.5. The summed E-state index contributed by atoms with van der Waals surface area (Å²) in [5.41, 5.74) is 12.9. The molecule has 0 radical (unpaired) electrons. The summed E-state index contributed by atoms with van der Waals surface area (Å²) in [6.07, 6.45) is 4.38. The second-order valence-corrected chi connectivity index (χ2v) is 17.7. The van der Waals surface area contributed by atoms with E-state index in [-0.39, 0.29) is 16.6 Å². The highest BCUT2D eigenvalue weighted by atomic mass is 16.5. The minimum Gasteiger partial charge on any atom is -0.497 e. The number of aromatic nitrogens is 4. The van der Waals surface area contributed by atoms with Crippen LogP contribution >= 0.6 is 0 Å². The second-order valence-electron chi connectivity index (χ2n) is 17.7. The van der Waals surface area contributed by atoms with Gasteiger partial charge in [0.15, 0.2) is 5.78 Å². The van der Waals surface area contributed by atoms with E-state index in [1.54, 1.807) is 14.2 Å². The van der Waals surface area contributed by atoms with E-state index in [2.05, 4.69) is 91.3 Å². The van der Waals surface area contributed by atoms with E-state index in [1.165, 1.54) is 11.1 Å². The van der Waals surface area contributed by atoms with Crippen LogP contribution in [0.1, 0.15) is 90.4 Å². The van der Waals surface area contributed by atoms with Crippen molar-refractivity contribution < 1.29 is 19.5 Å². The molecule has 0 saturated heterocycles. The monoisotopic (exact) mass is 783 g/mol. The van der Waals surface area contributed by atoms with Gasteiger partial charge in [-0.25, -0.2) is 0 Å². The lowest BCUT2D eigenvalue weighted by Gasteiger charge is -2.31. The number of ketones is 1. The fourth-order valence-corrected chi connectivity index (χ4v) is 9.25. The predicted molar refractivity (Wildman–Crippen MR) is 236 cm³/mol. The SMILES string of the molecule is COc1ccc(Cc2nc3c(c4c2[nH]c2ccccc24)C(=NO)CC(C)(C)C3)cc1.COc1ccc(Cc2nc3c(c4c2[nH]c2ccccc24)C(=O)CC(C)(C)C3)cc1. The Morgan fingerprint density at radius 1 is 0.610 bits per heavy atom. The third-order valence-corrected chi connectivity index (χ3v) is 11.9. The number of methoxy groups -OCH3 is 2. The number of aromatic amines is 2. The normalized spacial score (nSPS) is 16.2. The summed E-state index contributed by atoms with van der Waals surface area (Å²) in [7, 11) is 3.35. The number of fused-ring (bicyclic) bond motifs is 10. The topological polar surface area (TPSA) is 125 Å². The van der Waals surface area contributed by atoms with E-state index in [9.17, 15) is 10.0 Å². The highest BCUT2D eigenvalue weighted by Gasteiger charge is 2.36. The van der Waals surface area contributed by atoms with Crippen LogP contribution in [-0.2, 0) is 25.7 Å². The van der Waals surface area contributed by atoms with Gasteiger partial charge in [-0.2, -0.15) is 0 Å². The number of pyridine rings is 2. The number of nitrogens with one attached hydrogen (secondary N) is 2. The Kier molecular flexibility index (Phi) is 9.49. The van der Waals surface area contributed by atoms with Crippen molar-refractivity contribution in [2.45, 2.75) is 66.2 Å². The lowest BCUT2D eigenvalue weighted by Crippen LogP contribution is -2.29. The van der Waals surface area contributed by atoms with Gasteiger partial charge in [0.25, 0.3) is 0 Å². The van der Waals surface area contributed by atoms with Crippen molar-refractivity contribution in [2.75, 3.05) is 14.2 Å². The lowest BCUT2D eigenvalue weighted by atomic mass is 9.74. The van der Waals surface area contributed by atoms with Gasteiger partial charge in [-0.1, -0.05) is 93.5 Å². The second kappa shape index (κ2) is 14.7. The number of Topliss-reactive ketones (excluding diaryl/α,β-unsaturated/α-hetero) is 1. The summed E-state index contributed by atoms with van der Waals surface area (Å²) in [5.74, 6) is 1.89. The molecule has 4 heterocycles. The van der Waals surface area contributed by atoms with Gasteiger partial charge in [0.05, 0.1) is 53.7 Å².